The number of likely N-dealkylation sites (tertiary alicyclic amines) is 1. The molecule has 1 aliphatic rings. The van der Waals surface area contributed by atoms with Crippen LogP contribution in [-0.4, -0.2) is 57.2 Å². The van der Waals surface area contributed by atoms with Crippen molar-refractivity contribution < 1.29 is 14.3 Å². The molecule has 1 aromatic carbocycles. The molecular weight excluding hydrogens is 320 g/mol. The second-order valence-electron chi connectivity index (χ2n) is 5.97. The molecule has 138 valence electrons. The van der Waals surface area contributed by atoms with E-state index in [9.17, 15) is 4.79 Å². The van der Waals surface area contributed by atoms with Gasteiger partial charge < -0.3 is 25.4 Å². The van der Waals surface area contributed by atoms with Crippen LogP contribution in [0.25, 0.3) is 0 Å². The van der Waals surface area contributed by atoms with Crippen molar-refractivity contribution in [2.45, 2.75) is 25.7 Å². The summed E-state index contributed by atoms with van der Waals surface area (Å²) in [6, 6.07) is 5.82. The summed E-state index contributed by atoms with van der Waals surface area (Å²) in [6.07, 6.45) is 3.41. The molecule has 3 N–H and O–H groups in total. The van der Waals surface area contributed by atoms with Crippen molar-refractivity contribution >= 4 is 11.9 Å². The Hall–Kier alpha value is -2.44. The van der Waals surface area contributed by atoms with Crippen molar-refractivity contribution in [1.82, 2.24) is 10.2 Å². The van der Waals surface area contributed by atoms with Crippen LogP contribution in [-0.2, 0) is 11.2 Å². The molecule has 1 fully saturated rings. The van der Waals surface area contributed by atoms with Gasteiger partial charge in [-0.3, -0.25) is 9.79 Å². The molecule has 2 rings (SSSR count). The normalized spacial score (nSPS) is 14.5. The van der Waals surface area contributed by atoms with Crippen LogP contribution in [0.2, 0.25) is 0 Å². The number of nitrogens with zero attached hydrogens (tertiary/aromatic N) is 2. The predicted octanol–water partition coefficient (Wildman–Crippen LogP) is 1.16. The van der Waals surface area contributed by atoms with Crippen molar-refractivity contribution in [2.75, 3.05) is 40.4 Å². The number of aliphatic imine (C=N–C) groups is 1. The second kappa shape index (κ2) is 9.76. The van der Waals surface area contributed by atoms with Crippen LogP contribution in [0.15, 0.2) is 23.2 Å². The average molecular weight is 348 g/mol. The summed E-state index contributed by atoms with van der Waals surface area (Å²) in [6.45, 7) is 2.83. The highest BCUT2D eigenvalue weighted by molar-refractivity contribution is 5.79. The molecule has 7 nitrogen and oxygen atoms in total. The third-order valence-electron chi connectivity index (χ3n) is 4.23. The highest BCUT2D eigenvalue weighted by Gasteiger charge is 2.16. The molecule has 0 aromatic heterocycles. The maximum absolute atomic E-state index is 11.9. The zero-order valence-corrected chi connectivity index (χ0v) is 15.1. The van der Waals surface area contributed by atoms with Crippen molar-refractivity contribution in [3.8, 4) is 11.5 Å². The molecule has 25 heavy (non-hydrogen) atoms. The van der Waals surface area contributed by atoms with Crippen LogP contribution in [0.3, 0.4) is 0 Å². The fraction of sp³-hybridized carbons (Fsp3) is 0.556. The number of benzene rings is 1. The van der Waals surface area contributed by atoms with E-state index >= 15 is 0 Å². The van der Waals surface area contributed by atoms with Crippen molar-refractivity contribution in [2.24, 2.45) is 10.7 Å². The van der Waals surface area contributed by atoms with Gasteiger partial charge in [-0.05, 0) is 37.0 Å². The first-order chi connectivity index (χ1) is 12.1. The molecule has 1 aromatic rings. The highest BCUT2D eigenvalue weighted by atomic mass is 16.5. The van der Waals surface area contributed by atoms with Gasteiger partial charge >= 0.3 is 0 Å². The number of methoxy groups -OCH3 is 2. The Kier molecular flexibility index (Phi) is 7.37. The van der Waals surface area contributed by atoms with Crippen molar-refractivity contribution in [3.63, 3.8) is 0 Å². The second-order valence-corrected chi connectivity index (χ2v) is 5.97. The summed E-state index contributed by atoms with van der Waals surface area (Å²) in [5, 5.41) is 3.07. The first kappa shape index (κ1) is 18.9. The lowest BCUT2D eigenvalue weighted by atomic mass is 10.1. The smallest absolute Gasteiger partial charge is 0.224 e. The minimum Gasteiger partial charge on any atom is -0.493 e. The Labute approximate surface area is 149 Å². The van der Waals surface area contributed by atoms with Crippen LogP contribution < -0.4 is 20.5 Å². The first-order valence-electron chi connectivity index (χ1n) is 8.66. The fourth-order valence-electron chi connectivity index (χ4n) is 2.82. The van der Waals surface area contributed by atoms with Crippen LogP contribution in [0.4, 0.5) is 0 Å². The van der Waals surface area contributed by atoms with Crippen LogP contribution in [0.1, 0.15) is 24.8 Å². The van der Waals surface area contributed by atoms with Crippen molar-refractivity contribution in [1.29, 1.82) is 0 Å². The third kappa shape index (κ3) is 5.85. The van der Waals surface area contributed by atoms with Gasteiger partial charge in [0.25, 0.3) is 0 Å². The monoisotopic (exact) mass is 348 g/mol. The number of nitrogens with one attached hydrogen (secondary N) is 1. The summed E-state index contributed by atoms with van der Waals surface area (Å²) >= 11 is 0. The maximum atomic E-state index is 11.9. The number of carbonyl (C=O) groups is 1. The summed E-state index contributed by atoms with van der Waals surface area (Å²) in [5.74, 6) is 1.96. The fourth-order valence-corrected chi connectivity index (χ4v) is 2.82. The molecule has 0 spiro atoms. The largest absolute Gasteiger partial charge is 0.493 e. The predicted molar refractivity (Wildman–Crippen MR) is 98.2 cm³/mol. The maximum Gasteiger partial charge on any atom is 0.224 e. The quantitative estimate of drug-likeness (QED) is 0.544. The number of hydrogen-bond acceptors (Lipinski definition) is 4. The van der Waals surface area contributed by atoms with E-state index in [0.29, 0.717) is 37.0 Å². The van der Waals surface area contributed by atoms with E-state index in [1.165, 1.54) is 0 Å². The summed E-state index contributed by atoms with van der Waals surface area (Å²) in [7, 11) is 3.23. The standard InChI is InChI=1S/C18H28N4O3/c1-24-15-6-5-14(13-16(15)25-2)7-9-20-18(19)21-10-8-17(23)22-11-3-4-12-22/h5-6,13H,3-4,7-12H2,1-2H3,(H3,19,20,21). The molecule has 0 atom stereocenters. The van der Waals surface area contributed by atoms with Crippen molar-refractivity contribution in [3.05, 3.63) is 23.8 Å². The Morgan fingerprint density at radius 2 is 1.96 bits per heavy atom. The lowest BCUT2D eigenvalue weighted by Gasteiger charge is -2.14. The van der Waals surface area contributed by atoms with E-state index in [0.717, 1.165) is 37.9 Å². The van der Waals surface area contributed by atoms with Gasteiger partial charge in [0, 0.05) is 26.1 Å². The Morgan fingerprint density at radius 1 is 1.24 bits per heavy atom. The van der Waals surface area contributed by atoms with Crippen LogP contribution in [0.5, 0.6) is 11.5 Å². The molecule has 0 unspecified atom stereocenters. The van der Waals surface area contributed by atoms with Gasteiger partial charge in [0.2, 0.25) is 5.91 Å². The number of carbonyl (C=O) groups excluding carboxylic acids is 1. The Balaban J connectivity index is 1.70. The number of amides is 1. The van der Waals surface area contributed by atoms with E-state index in [1.807, 2.05) is 23.1 Å². The molecule has 1 heterocycles. The van der Waals surface area contributed by atoms with Gasteiger partial charge in [-0.1, -0.05) is 6.07 Å². The Bertz CT molecular complexity index is 598. The van der Waals surface area contributed by atoms with Gasteiger partial charge in [0.15, 0.2) is 17.5 Å². The molecule has 0 aliphatic carbocycles. The molecule has 0 bridgehead atoms. The molecule has 7 heteroatoms. The van der Waals surface area contributed by atoms with Gasteiger partial charge in [0.05, 0.1) is 20.8 Å². The summed E-state index contributed by atoms with van der Waals surface area (Å²) in [4.78, 5) is 18.0. The SMILES string of the molecule is COc1ccc(CCNC(N)=NCCC(=O)N2CCCC2)cc1OC. The Morgan fingerprint density at radius 3 is 2.64 bits per heavy atom. The van der Waals surface area contributed by atoms with Gasteiger partial charge in [0.1, 0.15) is 0 Å². The minimum atomic E-state index is 0.166. The zero-order chi connectivity index (χ0) is 18.1. The zero-order valence-electron chi connectivity index (χ0n) is 15.1. The summed E-state index contributed by atoms with van der Waals surface area (Å²) in [5.41, 5.74) is 6.96. The number of rotatable bonds is 8. The molecule has 0 saturated carbocycles. The van der Waals surface area contributed by atoms with E-state index in [4.69, 9.17) is 15.2 Å². The molecular formula is C18H28N4O3. The van der Waals surface area contributed by atoms with Gasteiger partial charge in [-0.2, -0.15) is 0 Å². The summed E-state index contributed by atoms with van der Waals surface area (Å²) < 4.78 is 10.5. The van der Waals surface area contributed by atoms with Crippen LogP contribution >= 0.6 is 0 Å². The minimum absolute atomic E-state index is 0.166. The number of hydrogen-bond donors (Lipinski definition) is 2. The molecule has 1 amide bonds. The van der Waals surface area contributed by atoms with Crippen LogP contribution in [0, 0.1) is 0 Å². The average Bonchev–Trinajstić information content (AvgIpc) is 3.16. The lowest BCUT2D eigenvalue weighted by Crippen LogP contribution is -2.34. The van der Waals surface area contributed by atoms with Gasteiger partial charge in [-0.15, -0.1) is 0 Å². The van der Waals surface area contributed by atoms with E-state index < -0.39 is 0 Å². The highest BCUT2D eigenvalue weighted by Crippen LogP contribution is 2.27. The molecule has 1 aliphatic heterocycles. The number of guanidine groups is 1. The number of nitrogens with two attached hydrogens (primary N) is 1. The van der Waals surface area contributed by atoms with E-state index in [2.05, 4.69) is 10.3 Å². The van der Waals surface area contributed by atoms with Gasteiger partial charge in [-0.25, -0.2) is 0 Å². The number of ether oxygens (including phenoxy) is 2. The topological polar surface area (TPSA) is 89.2 Å². The third-order valence-corrected chi connectivity index (χ3v) is 4.23. The lowest BCUT2D eigenvalue weighted by molar-refractivity contribution is -0.129. The molecule has 1 saturated heterocycles. The first-order valence-corrected chi connectivity index (χ1v) is 8.66. The molecule has 0 radical (unpaired) electrons. The van der Waals surface area contributed by atoms with E-state index in [-0.39, 0.29) is 5.91 Å². The van der Waals surface area contributed by atoms with E-state index in [1.54, 1.807) is 14.2 Å².